The summed E-state index contributed by atoms with van der Waals surface area (Å²) < 4.78 is 5.36. The first kappa shape index (κ1) is 15.4. The number of hydrogen-bond acceptors (Lipinski definition) is 4. The topological polar surface area (TPSA) is 69.4 Å². The minimum atomic E-state index is -0.762. The minimum Gasteiger partial charge on any atom is -0.454 e. The molecule has 0 spiro atoms. The summed E-state index contributed by atoms with van der Waals surface area (Å²) in [5.74, 6) is -0.527. The molecule has 0 bridgehead atoms. The second-order valence-corrected chi connectivity index (χ2v) is 4.65. The van der Waals surface area contributed by atoms with Crippen molar-refractivity contribution in [3.05, 3.63) is 81.9 Å². The van der Waals surface area contributed by atoms with Gasteiger partial charge in [0.25, 0.3) is 5.69 Å². The molecular formula is C17H15NO4. The molecule has 0 N–H and O–H groups in total. The van der Waals surface area contributed by atoms with Gasteiger partial charge in [0.2, 0.25) is 0 Å². The maximum atomic E-state index is 12.1. The van der Waals surface area contributed by atoms with E-state index in [4.69, 9.17) is 4.74 Å². The number of ether oxygens (including phenoxy) is 1. The Bertz CT molecular complexity index is 710. The van der Waals surface area contributed by atoms with E-state index in [1.807, 2.05) is 0 Å². The molecule has 0 saturated carbocycles. The smallest absolute Gasteiger partial charge is 0.338 e. The van der Waals surface area contributed by atoms with Gasteiger partial charge in [0.1, 0.15) is 6.10 Å². The standard InChI is InChI=1S/C17H15NO4/c1-3-13-10-7-11-15(18(20)21)16(13)12(2)22-17(19)14-8-5-4-6-9-14/h3-12H,1H2,2H3. The Hall–Kier alpha value is -2.95. The van der Waals surface area contributed by atoms with Gasteiger partial charge >= 0.3 is 5.97 Å². The normalized spacial score (nSPS) is 11.5. The lowest BCUT2D eigenvalue weighted by atomic mass is 10.0. The zero-order valence-electron chi connectivity index (χ0n) is 12.1. The quantitative estimate of drug-likeness (QED) is 0.472. The van der Waals surface area contributed by atoms with Crippen molar-refractivity contribution in [2.24, 2.45) is 0 Å². The van der Waals surface area contributed by atoms with Crippen LogP contribution in [0.4, 0.5) is 5.69 Å². The zero-order chi connectivity index (χ0) is 16.1. The third kappa shape index (κ3) is 3.20. The summed E-state index contributed by atoms with van der Waals surface area (Å²) in [6.45, 7) is 5.26. The summed E-state index contributed by atoms with van der Waals surface area (Å²) in [4.78, 5) is 22.8. The molecule has 112 valence electrons. The Labute approximate surface area is 128 Å². The molecule has 1 atom stereocenters. The van der Waals surface area contributed by atoms with Gasteiger partial charge in [-0.3, -0.25) is 10.1 Å². The largest absolute Gasteiger partial charge is 0.454 e. The highest BCUT2D eigenvalue weighted by Crippen LogP contribution is 2.31. The minimum absolute atomic E-state index is 0.0919. The summed E-state index contributed by atoms with van der Waals surface area (Å²) in [5, 5.41) is 11.2. The molecule has 2 aromatic rings. The molecule has 2 rings (SSSR count). The van der Waals surface area contributed by atoms with Crippen molar-refractivity contribution in [2.75, 3.05) is 0 Å². The first-order valence-corrected chi connectivity index (χ1v) is 6.70. The van der Waals surface area contributed by atoms with Crippen molar-refractivity contribution in [3.63, 3.8) is 0 Å². The van der Waals surface area contributed by atoms with E-state index in [0.29, 0.717) is 16.7 Å². The second kappa shape index (κ2) is 6.67. The number of nitro groups is 1. The highest BCUT2D eigenvalue weighted by molar-refractivity contribution is 5.89. The van der Waals surface area contributed by atoms with Crippen molar-refractivity contribution < 1.29 is 14.5 Å². The average molecular weight is 297 g/mol. The molecular weight excluding hydrogens is 282 g/mol. The maximum Gasteiger partial charge on any atom is 0.338 e. The van der Waals surface area contributed by atoms with Gasteiger partial charge in [0, 0.05) is 6.07 Å². The van der Waals surface area contributed by atoms with E-state index in [0.717, 1.165) is 0 Å². The summed E-state index contributed by atoms with van der Waals surface area (Å²) in [7, 11) is 0. The van der Waals surface area contributed by atoms with Crippen LogP contribution in [0.1, 0.15) is 34.5 Å². The monoisotopic (exact) mass is 297 g/mol. The Morgan fingerprint density at radius 1 is 1.23 bits per heavy atom. The van der Waals surface area contributed by atoms with E-state index in [1.165, 1.54) is 12.1 Å². The van der Waals surface area contributed by atoms with Crippen LogP contribution in [0, 0.1) is 10.1 Å². The number of benzene rings is 2. The number of nitro benzene ring substituents is 1. The number of rotatable bonds is 5. The predicted molar refractivity (Wildman–Crippen MR) is 83.5 cm³/mol. The third-order valence-electron chi connectivity index (χ3n) is 3.23. The summed E-state index contributed by atoms with van der Waals surface area (Å²) >= 11 is 0. The van der Waals surface area contributed by atoms with Crippen LogP contribution < -0.4 is 0 Å². The Balaban J connectivity index is 2.33. The SMILES string of the molecule is C=Cc1cccc([N+](=O)[O-])c1C(C)OC(=O)c1ccccc1. The van der Waals surface area contributed by atoms with E-state index in [9.17, 15) is 14.9 Å². The number of carbonyl (C=O) groups is 1. The number of nitrogens with zero attached hydrogens (tertiary/aromatic N) is 1. The van der Waals surface area contributed by atoms with Crippen molar-refractivity contribution >= 4 is 17.7 Å². The van der Waals surface area contributed by atoms with Crippen molar-refractivity contribution in [3.8, 4) is 0 Å². The van der Waals surface area contributed by atoms with Crippen molar-refractivity contribution in [1.29, 1.82) is 0 Å². The molecule has 22 heavy (non-hydrogen) atoms. The van der Waals surface area contributed by atoms with E-state index >= 15 is 0 Å². The van der Waals surface area contributed by atoms with Gasteiger partial charge in [0.05, 0.1) is 16.1 Å². The molecule has 0 aliphatic carbocycles. The van der Waals surface area contributed by atoms with Crippen LogP contribution >= 0.6 is 0 Å². The highest BCUT2D eigenvalue weighted by Gasteiger charge is 2.24. The van der Waals surface area contributed by atoms with Gasteiger partial charge in [-0.25, -0.2) is 4.79 Å². The van der Waals surface area contributed by atoms with Gasteiger partial charge < -0.3 is 4.74 Å². The molecule has 1 unspecified atom stereocenters. The summed E-state index contributed by atoms with van der Waals surface area (Å²) in [6.07, 6.45) is 0.747. The lowest BCUT2D eigenvalue weighted by Crippen LogP contribution is -2.11. The van der Waals surface area contributed by atoms with Gasteiger partial charge in [-0.2, -0.15) is 0 Å². The molecule has 5 nitrogen and oxygen atoms in total. The van der Waals surface area contributed by atoms with Crippen LogP contribution in [0.2, 0.25) is 0 Å². The molecule has 2 aromatic carbocycles. The molecule has 5 heteroatoms. The first-order valence-electron chi connectivity index (χ1n) is 6.70. The average Bonchev–Trinajstić information content (AvgIpc) is 2.54. The molecule has 0 aromatic heterocycles. The first-order chi connectivity index (χ1) is 10.5. The lowest BCUT2D eigenvalue weighted by molar-refractivity contribution is -0.386. The Kier molecular flexibility index (Phi) is 4.68. The maximum absolute atomic E-state index is 12.1. The van der Waals surface area contributed by atoms with Crippen LogP contribution in [-0.2, 0) is 4.74 Å². The molecule has 0 fully saturated rings. The number of esters is 1. The second-order valence-electron chi connectivity index (χ2n) is 4.65. The van der Waals surface area contributed by atoms with Gasteiger partial charge in [-0.15, -0.1) is 0 Å². The van der Waals surface area contributed by atoms with Gasteiger partial charge in [0.15, 0.2) is 0 Å². The fourth-order valence-corrected chi connectivity index (χ4v) is 2.21. The van der Waals surface area contributed by atoms with E-state index in [2.05, 4.69) is 6.58 Å². The van der Waals surface area contributed by atoms with E-state index < -0.39 is 17.0 Å². The highest BCUT2D eigenvalue weighted by atomic mass is 16.6. The third-order valence-corrected chi connectivity index (χ3v) is 3.23. The van der Waals surface area contributed by atoms with Crippen LogP contribution in [0.25, 0.3) is 6.08 Å². The van der Waals surface area contributed by atoms with Crippen LogP contribution in [-0.4, -0.2) is 10.9 Å². The zero-order valence-corrected chi connectivity index (χ0v) is 12.1. The number of carbonyl (C=O) groups excluding carboxylic acids is 1. The Morgan fingerprint density at radius 2 is 1.91 bits per heavy atom. The predicted octanol–water partition coefficient (Wildman–Crippen LogP) is 4.16. The van der Waals surface area contributed by atoms with E-state index in [1.54, 1.807) is 49.4 Å². The summed E-state index contributed by atoms with van der Waals surface area (Å²) in [5.41, 5.74) is 1.22. The molecule has 0 radical (unpaired) electrons. The lowest BCUT2D eigenvalue weighted by Gasteiger charge is -2.16. The summed E-state index contributed by atoms with van der Waals surface area (Å²) in [6, 6.07) is 13.1. The van der Waals surface area contributed by atoms with Crippen LogP contribution in [0.3, 0.4) is 0 Å². The van der Waals surface area contributed by atoms with Gasteiger partial charge in [-0.05, 0) is 24.6 Å². The molecule has 0 saturated heterocycles. The molecule has 0 heterocycles. The van der Waals surface area contributed by atoms with Crippen LogP contribution in [0.5, 0.6) is 0 Å². The van der Waals surface area contributed by atoms with Crippen molar-refractivity contribution in [2.45, 2.75) is 13.0 Å². The molecule has 0 amide bonds. The molecule has 0 aliphatic rings. The number of hydrogen-bond donors (Lipinski definition) is 0. The van der Waals surface area contributed by atoms with Gasteiger partial charge in [-0.1, -0.05) is 43.0 Å². The van der Waals surface area contributed by atoms with E-state index in [-0.39, 0.29) is 5.69 Å². The molecule has 0 aliphatic heterocycles. The fourth-order valence-electron chi connectivity index (χ4n) is 2.21. The van der Waals surface area contributed by atoms with Crippen LogP contribution in [0.15, 0.2) is 55.1 Å². The van der Waals surface area contributed by atoms with Crippen molar-refractivity contribution in [1.82, 2.24) is 0 Å². The fraction of sp³-hybridized carbons (Fsp3) is 0.118. The Morgan fingerprint density at radius 3 is 2.50 bits per heavy atom.